The summed E-state index contributed by atoms with van der Waals surface area (Å²) in [6.45, 7) is 2.10. The molecule has 0 saturated heterocycles. The number of nitrogens with zero attached hydrogens (tertiary/aromatic N) is 1. The van der Waals surface area contributed by atoms with Crippen molar-refractivity contribution in [2.24, 2.45) is 0 Å². The van der Waals surface area contributed by atoms with Gasteiger partial charge in [-0.3, -0.25) is 0 Å². The molecule has 0 saturated carbocycles. The Hall–Kier alpha value is -2.47. The van der Waals surface area contributed by atoms with Gasteiger partial charge in [0.1, 0.15) is 11.8 Å². The van der Waals surface area contributed by atoms with E-state index in [1.54, 1.807) is 19.2 Å². The first-order valence-corrected chi connectivity index (χ1v) is 6.61. The summed E-state index contributed by atoms with van der Waals surface area (Å²) in [6.07, 6.45) is 0.906. The highest BCUT2D eigenvalue weighted by atomic mass is 16.5. The van der Waals surface area contributed by atoms with Crippen LogP contribution in [0.2, 0.25) is 0 Å². The molecule has 0 radical (unpaired) electrons. The van der Waals surface area contributed by atoms with E-state index in [1.165, 1.54) is 5.56 Å². The Morgan fingerprint density at radius 3 is 2.60 bits per heavy atom. The fourth-order valence-electron chi connectivity index (χ4n) is 2.15. The van der Waals surface area contributed by atoms with Gasteiger partial charge in [-0.2, -0.15) is 5.26 Å². The number of hydrogen-bond acceptors (Lipinski definition) is 3. The molecule has 0 aliphatic rings. The zero-order valence-corrected chi connectivity index (χ0v) is 11.8. The van der Waals surface area contributed by atoms with Crippen LogP contribution in [-0.2, 0) is 6.42 Å². The standard InChI is InChI=1S/C17H18N2O/c1-13(10-14-6-4-3-5-7-14)19-17-11-16(20-2)9-8-15(17)12-18/h3-9,11,13,19H,10H2,1-2H3. The quantitative estimate of drug-likeness (QED) is 0.899. The summed E-state index contributed by atoms with van der Waals surface area (Å²) in [5.74, 6) is 0.749. The smallest absolute Gasteiger partial charge is 0.121 e. The van der Waals surface area contributed by atoms with Crippen molar-refractivity contribution >= 4 is 5.69 Å². The molecule has 2 aromatic rings. The Balaban J connectivity index is 2.11. The molecule has 0 heterocycles. The molecule has 0 aliphatic heterocycles. The van der Waals surface area contributed by atoms with Gasteiger partial charge in [-0.1, -0.05) is 30.3 Å². The molecule has 2 rings (SSSR count). The fraction of sp³-hybridized carbons (Fsp3) is 0.235. The van der Waals surface area contributed by atoms with E-state index in [2.05, 4.69) is 30.4 Å². The monoisotopic (exact) mass is 266 g/mol. The summed E-state index contributed by atoms with van der Waals surface area (Å²) in [7, 11) is 1.62. The molecular formula is C17H18N2O. The van der Waals surface area contributed by atoms with Crippen LogP contribution < -0.4 is 10.1 Å². The maximum Gasteiger partial charge on any atom is 0.121 e. The van der Waals surface area contributed by atoms with E-state index in [1.807, 2.05) is 24.3 Å². The Kier molecular flexibility index (Phi) is 4.62. The maximum atomic E-state index is 9.15. The third kappa shape index (κ3) is 3.52. The lowest BCUT2D eigenvalue weighted by atomic mass is 10.1. The summed E-state index contributed by atoms with van der Waals surface area (Å²) in [5.41, 5.74) is 2.72. The highest BCUT2D eigenvalue weighted by Gasteiger charge is 2.08. The molecule has 0 fully saturated rings. The second-order valence-corrected chi connectivity index (χ2v) is 4.76. The molecule has 0 aromatic heterocycles. The number of benzene rings is 2. The minimum atomic E-state index is 0.233. The van der Waals surface area contributed by atoms with E-state index in [4.69, 9.17) is 10.00 Å². The average molecular weight is 266 g/mol. The van der Waals surface area contributed by atoms with Gasteiger partial charge in [0.05, 0.1) is 18.4 Å². The van der Waals surface area contributed by atoms with E-state index in [9.17, 15) is 0 Å². The molecule has 0 spiro atoms. The normalized spacial score (nSPS) is 11.4. The molecule has 3 heteroatoms. The van der Waals surface area contributed by atoms with Crippen LogP contribution in [0.5, 0.6) is 5.75 Å². The molecule has 1 N–H and O–H groups in total. The number of hydrogen-bond donors (Lipinski definition) is 1. The first kappa shape index (κ1) is 14.0. The lowest BCUT2D eigenvalue weighted by Crippen LogP contribution is -2.18. The van der Waals surface area contributed by atoms with E-state index in [0.29, 0.717) is 5.56 Å². The molecule has 0 aliphatic carbocycles. The molecule has 0 amide bonds. The highest BCUT2D eigenvalue weighted by Crippen LogP contribution is 2.23. The van der Waals surface area contributed by atoms with Crippen molar-refractivity contribution in [3.05, 3.63) is 59.7 Å². The minimum absolute atomic E-state index is 0.233. The Morgan fingerprint density at radius 2 is 1.95 bits per heavy atom. The number of anilines is 1. The van der Waals surface area contributed by atoms with Gasteiger partial charge in [0.15, 0.2) is 0 Å². The summed E-state index contributed by atoms with van der Waals surface area (Å²) >= 11 is 0. The number of ether oxygens (including phenoxy) is 1. The maximum absolute atomic E-state index is 9.15. The van der Waals surface area contributed by atoms with Gasteiger partial charge in [0.25, 0.3) is 0 Å². The van der Waals surface area contributed by atoms with E-state index in [0.717, 1.165) is 17.9 Å². The minimum Gasteiger partial charge on any atom is -0.497 e. The van der Waals surface area contributed by atoms with Gasteiger partial charge in [-0.25, -0.2) is 0 Å². The van der Waals surface area contributed by atoms with Crippen molar-refractivity contribution in [1.82, 2.24) is 0 Å². The van der Waals surface area contributed by atoms with Crippen LogP contribution in [0.25, 0.3) is 0 Å². The first-order chi connectivity index (χ1) is 9.72. The highest BCUT2D eigenvalue weighted by molar-refractivity contribution is 5.60. The number of rotatable bonds is 5. The van der Waals surface area contributed by atoms with Crippen LogP contribution in [0.15, 0.2) is 48.5 Å². The number of methoxy groups -OCH3 is 1. The third-order valence-electron chi connectivity index (χ3n) is 3.13. The van der Waals surface area contributed by atoms with Crippen LogP contribution in [-0.4, -0.2) is 13.2 Å². The molecule has 102 valence electrons. The van der Waals surface area contributed by atoms with Crippen molar-refractivity contribution in [2.45, 2.75) is 19.4 Å². The van der Waals surface area contributed by atoms with Gasteiger partial charge in [0, 0.05) is 12.1 Å². The van der Waals surface area contributed by atoms with E-state index < -0.39 is 0 Å². The van der Waals surface area contributed by atoms with Crippen molar-refractivity contribution in [3.63, 3.8) is 0 Å². The van der Waals surface area contributed by atoms with E-state index >= 15 is 0 Å². The van der Waals surface area contributed by atoms with Gasteiger partial charge in [0.2, 0.25) is 0 Å². The molecule has 2 aromatic carbocycles. The van der Waals surface area contributed by atoms with Crippen molar-refractivity contribution in [3.8, 4) is 11.8 Å². The van der Waals surface area contributed by atoms with Crippen LogP contribution in [0.4, 0.5) is 5.69 Å². The zero-order valence-electron chi connectivity index (χ0n) is 11.8. The Bertz CT molecular complexity index is 602. The van der Waals surface area contributed by atoms with Crippen LogP contribution in [0.3, 0.4) is 0 Å². The van der Waals surface area contributed by atoms with Gasteiger partial charge >= 0.3 is 0 Å². The summed E-state index contributed by atoms with van der Waals surface area (Å²) < 4.78 is 5.20. The fourth-order valence-corrected chi connectivity index (χ4v) is 2.15. The average Bonchev–Trinajstić information content (AvgIpc) is 2.48. The lowest BCUT2D eigenvalue weighted by molar-refractivity contribution is 0.415. The molecule has 3 nitrogen and oxygen atoms in total. The van der Waals surface area contributed by atoms with E-state index in [-0.39, 0.29) is 6.04 Å². The van der Waals surface area contributed by atoms with Gasteiger partial charge < -0.3 is 10.1 Å². The van der Waals surface area contributed by atoms with Gasteiger partial charge in [-0.15, -0.1) is 0 Å². The number of nitriles is 1. The van der Waals surface area contributed by atoms with Crippen molar-refractivity contribution in [1.29, 1.82) is 5.26 Å². The molecule has 1 atom stereocenters. The SMILES string of the molecule is COc1ccc(C#N)c(NC(C)Cc2ccccc2)c1. The van der Waals surface area contributed by atoms with Crippen molar-refractivity contribution in [2.75, 3.05) is 12.4 Å². The second kappa shape index (κ2) is 6.63. The number of nitrogens with one attached hydrogen (secondary N) is 1. The lowest BCUT2D eigenvalue weighted by Gasteiger charge is -2.17. The first-order valence-electron chi connectivity index (χ1n) is 6.61. The largest absolute Gasteiger partial charge is 0.497 e. The Morgan fingerprint density at radius 1 is 1.20 bits per heavy atom. The summed E-state index contributed by atoms with van der Waals surface area (Å²) in [4.78, 5) is 0. The predicted octanol–water partition coefficient (Wildman–Crippen LogP) is 3.61. The van der Waals surface area contributed by atoms with Gasteiger partial charge in [-0.05, 0) is 31.0 Å². The molecular weight excluding hydrogens is 248 g/mol. The summed E-state index contributed by atoms with van der Waals surface area (Å²) in [5, 5.41) is 12.5. The van der Waals surface area contributed by atoms with Crippen LogP contribution in [0.1, 0.15) is 18.1 Å². The molecule has 1 unspecified atom stereocenters. The Labute approximate surface area is 119 Å². The molecule has 20 heavy (non-hydrogen) atoms. The molecule has 0 bridgehead atoms. The van der Waals surface area contributed by atoms with Crippen LogP contribution in [0, 0.1) is 11.3 Å². The van der Waals surface area contributed by atoms with Crippen molar-refractivity contribution < 1.29 is 4.74 Å². The third-order valence-corrected chi connectivity index (χ3v) is 3.13. The summed E-state index contributed by atoms with van der Waals surface area (Å²) in [6, 6.07) is 18.2. The predicted molar refractivity (Wildman–Crippen MR) is 80.9 cm³/mol. The topological polar surface area (TPSA) is 45.0 Å². The van der Waals surface area contributed by atoms with Crippen LogP contribution >= 0.6 is 0 Å². The second-order valence-electron chi connectivity index (χ2n) is 4.76. The zero-order chi connectivity index (χ0) is 14.4.